The van der Waals surface area contributed by atoms with E-state index >= 15 is 0 Å². The monoisotopic (exact) mass is 485 g/mol. The molecule has 0 atom stereocenters. The van der Waals surface area contributed by atoms with Crippen LogP contribution in [0.3, 0.4) is 0 Å². The van der Waals surface area contributed by atoms with Crippen LogP contribution in [0, 0.1) is 0 Å². The van der Waals surface area contributed by atoms with Crippen LogP contribution < -0.4 is 5.73 Å². The topological polar surface area (TPSA) is 42.2 Å². The van der Waals surface area contributed by atoms with Crippen molar-refractivity contribution in [2.45, 2.75) is 18.7 Å². The first kappa shape index (κ1) is 24.4. The van der Waals surface area contributed by atoms with Crippen LogP contribution in [-0.2, 0) is 12.3 Å². The molecule has 18 heavy (non-hydrogen) atoms. The van der Waals surface area contributed by atoms with Crippen LogP contribution in [0.5, 0.6) is 0 Å². The lowest BCUT2D eigenvalue weighted by Crippen LogP contribution is -2.10. The highest BCUT2D eigenvalue weighted by molar-refractivity contribution is 8.93. The molecule has 0 bridgehead atoms. The second kappa shape index (κ2) is 14.7. The predicted molar refractivity (Wildman–Crippen MR) is 100 cm³/mol. The molecule has 1 aromatic rings. The van der Waals surface area contributed by atoms with Crippen molar-refractivity contribution in [2.24, 2.45) is 5.73 Å². The Bertz CT molecular complexity index is 285. The molecule has 0 saturated heterocycles. The molecule has 1 heterocycles. The molecule has 3 nitrogen and oxygen atoms in total. The third kappa shape index (κ3) is 11.2. The summed E-state index contributed by atoms with van der Waals surface area (Å²) in [6.07, 6.45) is 1.10. The molecule has 8 heteroatoms. The minimum Gasteiger partial charge on any atom is -0.330 e. The highest BCUT2D eigenvalue weighted by Gasteiger charge is 2.02. The fourth-order valence-corrected chi connectivity index (χ4v) is 3.01. The van der Waals surface area contributed by atoms with Crippen molar-refractivity contribution < 1.29 is 0 Å². The summed E-state index contributed by atoms with van der Waals surface area (Å²) in [7, 11) is 4.13. The molecule has 110 valence electrons. The van der Waals surface area contributed by atoms with E-state index in [0.717, 1.165) is 31.0 Å². The van der Waals surface area contributed by atoms with Crippen LogP contribution in [0.15, 0.2) is 5.38 Å². The Kier molecular flexibility index (Phi) is 20.0. The van der Waals surface area contributed by atoms with Gasteiger partial charge in [-0.05, 0) is 32.8 Å². The first-order chi connectivity index (χ1) is 7.22. The van der Waals surface area contributed by atoms with E-state index in [1.807, 2.05) is 11.8 Å². The Morgan fingerprint density at radius 2 is 2.00 bits per heavy atom. The van der Waals surface area contributed by atoms with Gasteiger partial charge in [-0.15, -0.1) is 62.3 Å². The summed E-state index contributed by atoms with van der Waals surface area (Å²) in [6, 6.07) is 0. The van der Waals surface area contributed by atoms with Crippen molar-refractivity contribution in [1.82, 2.24) is 9.88 Å². The quantitative estimate of drug-likeness (QED) is 0.597. The molecular weight excluding hydrogens is 466 g/mol. The maximum absolute atomic E-state index is 5.43. The van der Waals surface area contributed by atoms with E-state index < -0.39 is 0 Å². The van der Waals surface area contributed by atoms with Gasteiger partial charge >= 0.3 is 0 Å². The van der Waals surface area contributed by atoms with E-state index in [4.69, 9.17) is 5.73 Å². The van der Waals surface area contributed by atoms with E-state index in [1.54, 1.807) is 11.3 Å². The van der Waals surface area contributed by atoms with Gasteiger partial charge in [0.15, 0.2) is 0 Å². The Morgan fingerprint density at radius 3 is 2.56 bits per heavy atom. The van der Waals surface area contributed by atoms with Crippen LogP contribution >= 0.6 is 74.0 Å². The van der Waals surface area contributed by atoms with E-state index in [1.165, 1.54) is 10.7 Å². The molecule has 0 aliphatic rings. The number of thioether (sulfide) groups is 1. The first-order valence-electron chi connectivity index (χ1n) is 5.08. The molecule has 0 aromatic carbocycles. The fraction of sp³-hybridized carbons (Fsp3) is 0.700. The third-order valence-electron chi connectivity index (χ3n) is 1.79. The highest BCUT2D eigenvalue weighted by Crippen LogP contribution is 2.16. The largest absolute Gasteiger partial charge is 0.330 e. The van der Waals surface area contributed by atoms with Gasteiger partial charge in [0.05, 0.1) is 5.69 Å². The number of nitrogens with zero attached hydrogens (tertiary/aromatic N) is 2. The van der Waals surface area contributed by atoms with E-state index in [-0.39, 0.29) is 50.9 Å². The average Bonchev–Trinajstić information content (AvgIpc) is 2.59. The maximum Gasteiger partial charge on any atom is 0.107 e. The van der Waals surface area contributed by atoms with Crippen LogP contribution in [0.1, 0.15) is 17.1 Å². The second-order valence-electron chi connectivity index (χ2n) is 3.67. The Balaban J connectivity index is -0.000000750. The summed E-state index contributed by atoms with van der Waals surface area (Å²) < 4.78 is 0. The van der Waals surface area contributed by atoms with Gasteiger partial charge in [-0.25, -0.2) is 4.98 Å². The standard InChI is InChI=1S/C10H19N3S2.3BrH/c1-13(2)6-10-12-9(8-15-10)7-14-5-3-4-11;;;/h8H,3-7,11H2,1-2H3;3*1H. The van der Waals surface area contributed by atoms with Gasteiger partial charge in [-0.1, -0.05) is 0 Å². The van der Waals surface area contributed by atoms with Gasteiger partial charge < -0.3 is 10.6 Å². The molecule has 0 fully saturated rings. The van der Waals surface area contributed by atoms with Gasteiger partial charge in [-0.3, -0.25) is 0 Å². The Hall–Kier alpha value is 1.34. The predicted octanol–water partition coefficient (Wildman–Crippen LogP) is 3.52. The SMILES string of the molecule is Br.Br.Br.CN(C)Cc1nc(CSCCCN)cs1. The molecular formula is C10H22Br3N3S2. The maximum atomic E-state index is 5.43. The molecule has 2 N–H and O–H groups in total. The van der Waals surface area contributed by atoms with Gasteiger partial charge in [0.1, 0.15) is 5.01 Å². The van der Waals surface area contributed by atoms with Crippen molar-refractivity contribution in [3.8, 4) is 0 Å². The van der Waals surface area contributed by atoms with Crippen molar-refractivity contribution in [3.63, 3.8) is 0 Å². The van der Waals surface area contributed by atoms with Crippen molar-refractivity contribution in [2.75, 3.05) is 26.4 Å². The number of hydrogen-bond donors (Lipinski definition) is 1. The zero-order valence-electron chi connectivity index (χ0n) is 10.6. The summed E-state index contributed by atoms with van der Waals surface area (Å²) in [5.74, 6) is 2.15. The summed E-state index contributed by atoms with van der Waals surface area (Å²) in [5.41, 5.74) is 6.64. The number of halogens is 3. The van der Waals surface area contributed by atoms with Gasteiger partial charge in [0, 0.05) is 17.7 Å². The average molecular weight is 488 g/mol. The molecule has 1 aromatic heterocycles. The number of aromatic nitrogens is 1. The van der Waals surface area contributed by atoms with Gasteiger partial charge in [-0.2, -0.15) is 11.8 Å². The third-order valence-corrected chi connectivity index (χ3v) is 3.75. The van der Waals surface area contributed by atoms with Gasteiger partial charge in [0.2, 0.25) is 0 Å². The summed E-state index contributed by atoms with van der Waals surface area (Å²) in [4.78, 5) is 6.72. The normalized spacial score (nSPS) is 9.33. The van der Waals surface area contributed by atoms with E-state index in [9.17, 15) is 0 Å². The molecule has 0 radical (unpaired) electrons. The van der Waals surface area contributed by atoms with Crippen LogP contribution in [0.4, 0.5) is 0 Å². The minimum absolute atomic E-state index is 0. The lowest BCUT2D eigenvalue weighted by atomic mass is 10.5. The number of hydrogen-bond acceptors (Lipinski definition) is 5. The zero-order valence-corrected chi connectivity index (χ0v) is 17.4. The van der Waals surface area contributed by atoms with E-state index in [0.29, 0.717) is 0 Å². The second-order valence-corrected chi connectivity index (χ2v) is 5.71. The first-order valence-corrected chi connectivity index (χ1v) is 7.11. The van der Waals surface area contributed by atoms with Crippen LogP contribution in [0.2, 0.25) is 0 Å². The van der Waals surface area contributed by atoms with Crippen LogP contribution in [-0.4, -0.2) is 36.3 Å². The van der Waals surface area contributed by atoms with Crippen molar-refractivity contribution in [3.05, 3.63) is 16.1 Å². The van der Waals surface area contributed by atoms with Gasteiger partial charge in [0.25, 0.3) is 0 Å². The molecule has 0 amide bonds. The minimum atomic E-state index is 0. The Morgan fingerprint density at radius 1 is 1.33 bits per heavy atom. The number of nitrogens with two attached hydrogens (primary N) is 1. The number of thiazole rings is 1. The lowest BCUT2D eigenvalue weighted by molar-refractivity contribution is 0.401. The molecule has 0 saturated carbocycles. The van der Waals surface area contributed by atoms with Crippen LogP contribution in [0.25, 0.3) is 0 Å². The smallest absolute Gasteiger partial charge is 0.107 e. The van der Waals surface area contributed by atoms with Crippen molar-refractivity contribution >= 4 is 74.0 Å². The molecule has 0 spiro atoms. The highest BCUT2D eigenvalue weighted by atomic mass is 79.9. The molecule has 0 aliphatic heterocycles. The summed E-state index contributed by atoms with van der Waals surface area (Å²) >= 11 is 3.66. The number of rotatable bonds is 7. The Labute approximate surface area is 150 Å². The summed E-state index contributed by atoms with van der Waals surface area (Å²) in [5, 5.41) is 3.36. The molecule has 1 rings (SSSR count). The fourth-order valence-electron chi connectivity index (χ4n) is 1.12. The summed E-state index contributed by atoms with van der Waals surface area (Å²) in [6.45, 7) is 1.73. The lowest BCUT2D eigenvalue weighted by Gasteiger charge is -2.05. The molecule has 0 aliphatic carbocycles. The van der Waals surface area contributed by atoms with E-state index in [2.05, 4.69) is 29.4 Å². The zero-order chi connectivity index (χ0) is 11.1. The molecule has 0 unspecified atom stereocenters. The van der Waals surface area contributed by atoms with Crippen molar-refractivity contribution in [1.29, 1.82) is 0 Å².